The van der Waals surface area contributed by atoms with Crippen molar-refractivity contribution in [1.29, 1.82) is 0 Å². The molecule has 4 nitrogen and oxygen atoms in total. The molecule has 0 aliphatic carbocycles. The molecule has 0 aliphatic heterocycles. The fourth-order valence-electron chi connectivity index (χ4n) is 2.16. The van der Waals surface area contributed by atoms with Gasteiger partial charge in [0.1, 0.15) is 5.75 Å². The molecule has 2 aromatic carbocycles. The summed E-state index contributed by atoms with van der Waals surface area (Å²) in [4.78, 5) is 16.6. The van der Waals surface area contributed by atoms with Crippen molar-refractivity contribution in [3.8, 4) is 5.75 Å². The highest BCUT2D eigenvalue weighted by molar-refractivity contribution is 6.06. The average molecular weight is 278 g/mol. The second-order valence-electron chi connectivity index (χ2n) is 4.86. The molecule has 1 heterocycles. The monoisotopic (exact) mass is 278 g/mol. The molecule has 3 aromatic rings. The van der Waals surface area contributed by atoms with Gasteiger partial charge in [-0.25, -0.2) is 0 Å². The van der Waals surface area contributed by atoms with Crippen LogP contribution in [0.4, 0.5) is 5.69 Å². The van der Waals surface area contributed by atoms with Crippen LogP contribution in [-0.2, 0) is 0 Å². The number of carbonyl (C=O) groups excluding carboxylic acids is 1. The molecule has 3 rings (SSSR count). The summed E-state index contributed by atoms with van der Waals surface area (Å²) in [6.07, 6.45) is 0. The number of nitrogens with zero attached hydrogens (tertiary/aromatic N) is 1. The lowest BCUT2D eigenvalue weighted by atomic mass is 10.1. The zero-order chi connectivity index (χ0) is 14.8. The van der Waals surface area contributed by atoms with Gasteiger partial charge >= 0.3 is 0 Å². The Kier molecular flexibility index (Phi) is 3.28. The maximum absolute atomic E-state index is 12.2. The molecule has 0 bridgehead atoms. The number of hydrogen-bond donors (Lipinski definition) is 2. The van der Waals surface area contributed by atoms with Crippen LogP contribution in [0.3, 0.4) is 0 Å². The van der Waals surface area contributed by atoms with Gasteiger partial charge in [0, 0.05) is 28.4 Å². The summed E-state index contributed by atoms with van der Waals surface area (Å²) in [5.74, 6) is -0.103. The second kappa shape index (κ2) is 5.25. The molecule has 0 radical (unpaired) electrons. The fraction of sp³-hybridized carbons (Fsp3) is 0.0588. The summed E-state index contributed by atoms with van der Waals surface area (Å²) in [6, 6.07) is 15.7. The molecule has 0 saturated heterocycles. The molecule has 1 amide bonds. The van der Waals surface area contributed by atoms with Crippen molar-refractivity contribution in [1.82, 2.24) is 4.98 Å². The third-order valence-corrected chi connectivity index (χ3v) is 3.19. The molecule has 104 valence electrons. The second-order valence-corrected chi connectivity index (χ2v) is 4.86. The number of nitrogens with one attached hydrogen (secondary N) is 1. The van der Waals surface area contributed by atoms with Crippen LogP contribution in [0.25, 0.3) is 10.9 Å². The molecule has 21 heavy (non-hydrogen) atoms. The lowest BCUT2D eigenvalue weighted by Gasteiger charge is -2.07. The third-order valence-electron chi connectivity index (χ3n) is 3.19. The molecule has 0 atom stereocenters. The van der Waals surface area contributed by atoms with E-state index in [0.29, 0.717) is 11.3 Å². The van der Waals surface area contributed by atoms with Gasteiger partial charge in [-0.2, -0.15) is 0 Å². The van der Waals surface area contributed by atoms with E-state index >= 15 is 0 Å². The third kappa shape index (κ3) is 2.84. The minimum absolute atomic E-state index is 0.117. The standard InChI is InChI=1S/C17H14N2O2/c1-11-5-6-12-9-13(7-8-16(12)18-11)17(21)19-14-3-2-4-15(20)10-14/h2-10,20H,1H3,(H,19,21). The Hall–Kier alpha value is -2.88. The van der Waals surface area contributed by atoms with Gasteiger partial charge in [0.2, 0.25) is 0 Å². The van der Waals surface area contributed by atoms with Crippen LogP contribution in [0.15, 0.2) is 54.6 Å². The zero-order valence-electron chi connectivity index (χ0n) is 11.5. The highest BCUT2D eigenvalue weighted by Crippen LogP contribution is 2.18. The van der Waals surface area contributed by atoms with Crippen LogP contribution in [0.1, 0.15) is 16.1 Å². The number of rotatable bonds is 2. The molecule has 0 aliphatic rings. The smallest absolute Gasteiger partial charge is 0.255 e. The molecule has 0 spiro atoms. The minimum Gasteiger partial charge on any atom is -0.508 e. The number of carbonyl (C=O) groups is 1. The number of phenolic OH excluding ortho intramolecular Hbond substituents is 1. The maximum atomic E-state index is 12.2. The molecule has 2 N–H and O–H groups in total. The SMILES string of the molecule is Cc1ccc2cc(C(=O)Nc3cccc(O)c3)ccc2n1. The Balaban J connectivity index is 1.89. The first-order valence-electron chi connectivity index (χ1n) is 6.60. The van der Waals surface area contributed by atoms with E-state index in [-0.39, 0.29) is 11.7 Å². The molecule has 1 aromatic heterocycles. The molecule has 0 saturated carbocycles. The van der Waals surface area contributed by atoms with Crippen molar-refractivity contribution in [3.05, 3.63) is 65.9 Å². The van der Waals surface area contributed by atoms with Crippen LogP contribution in [-0.4, -0.2) is 16.0 Å². The van der Waals surface area contributed by atoms with Crippen LogP contribution < -0.4 is 5.32 Å². The van der Waals surface area contributed by atoms with Crippen LogP contribution in [0.5, 0.6) is 5.75 Å². The number of amides is 1. The van der Waals surface area contributed by atoms with Crippen LogP contribution in [0.2, 0.25) is 0 Å². The first-order valence-corrected chi connectivity index (χ1v) is 6.60. The molecular weight excluding hydrogens is 264 g/mol. The zero-order valence-corrected chi connectivity index (χ0v) is 11.5. The number of phenols is 1. The van der Waals surface area contributed by atoms with Gasteiger partial charge < -0.3 is 10.4 Å². The maximum Gasteiger partial charge on any atom is 0.255 e. The predicted molar refractivity (Wildman–Crippen MR) is 82.5 cm³/mol. The van der Waals surface area contributed by atoms with Gasteiger partial charge in [-0.3, -0.25) is 9.78 Å². The fourth-order valence-corrected chi connectivity index (χ4v) is 2.16. The molecule has 4 heteroatoms. The van der Waals surface area contributed by atoms with E-state index in [4.69, 9.17) is 0 Å². The molecule has 0 unspecified atom stereocenters. The first kappa shape index (κ1) is 13.1. The van der Waals surface area contributed by atoms with Crippen molar-refractivity contribution in [2.24, 2.45) is 0 Å². The van der Waals surface area contributed by atoms with Crippen molar-refractivity contribution in [3.63, 3.8) is 0 Å². The van der Waals surface area contributed by atoms with Crippen molar-refractivity contribution in [2.75, 3.05) is 5.32 Å². The number of aromatic hydroxyl groups is 1. The van der Waals surface area contributed by atoms with Gasteiger partial charge in [0.25, 0.3) is 5.91 Å². The highest BCUT2D eigenvalue weighted by atomic mass is 16.3. The number of fused-ring (bicyclic) bond motifs is 1. The minimum atomic E-state index is -0.219. The summed E-state index contributed by atoms with van der Waals surface area (Å²) < 4.78 is 0. The summed E-state index contributed by atoms with van der Waals surface area (Å²) in [7, 11) is 0. The van der Waals surface area contributed by atoms with Gasteiger partial charge in [-0.1, -0.05) is 12.1 Å². The number of benzene rings is 2. The Bertz CT molecular complexity index is 828. The summed E-state index contributed by atoms with van der Waals surface area (Å²) >= 11 is 0. The van der Waals surface area contributed by atoms with E-state index in [2.05, 4.69) is 10.3 Å². The molecular formula is C17H14N2O2. The summed E-state index contributed by atoms with van der Waals surface area (Å²) in [6.45, 7) is 1.93. The summed E-state index contributed by atoms with van der Waals surface area (Å²) in [5, 5.41) is 13.1. The van der Waals surface area contributed by atoms with E-state index in [0.717, 1.165) is 16.6 Å². The normalized spacial score (nSPS) is 10.5. The summed E-state index contributed by atoms with van der Waals surface area (Å²) in [5.41, 5.74) is 2.92. The van der Waals surface area contributed by atoms with E-state index in [1.165, 1.54) is 6.07 Å². The van der Waals surface area contributed by atoms with E-state index < -0.39 is 0 Å². The Morgan fingerprint density at radius 3 is 2.76 bits per heavy atom. The average Bonchev–Trinajstić information content (AvgIpc) is 2.46. The number of aryl methyl sites for hydroxylation is 1. The molecule has 0 fully saturated rings. The quantitative estimate of drug-likeness (QED) is 0.754. The van der Waals surface area contributed by atoms with Gasteiger partial charge in [-0.05, 0) is 43.3 Å². The number of pyridine rings is 1. The Labute approximate surface area is 122 Å². The van der Waals surface area contributed by atoms with Crippen molar-refractivity contribution in [2.45, 2.75) is 6.92 Å². The van der Waals surface area contributed by atoms with E-state index in [9.17, 15) is 9.90 Å². The van der Waals surface area contributed by atoms with Crippen LogP contribution >= 0.6 is 0 Å². The Morgan fingerprint density at radius 2 is 1.95 bits per heavy atom. The van der Waals surface area contributed by atoms with E-state index in [1.807, 2.05) is 25.1 Å². The highest BCUT2D eigenvalue weighted by Gasteiger charge is 2.07. The van der Waals surface area contributed by atoms with Crippen LogP contribution in [0, 0.1) is 6.92 Å². The van der Waals surface area contributed by atoms with Gasteiger partial charge in [-0.15, -0.1) is 0 Å². The van der Waals surface area contributed by atoms with Gasteiger partial charge in [0.05, 0.1) is 5.52 Å². The largest absolute Gasteiger partial charge is 0.508 e. The van der Waals surface area contributed by atoms with Gasteiger partial charge in [0.15, 0.2) is 0 Å². The lowest BCUT2D eigenvalue weighted by molar-refractivity contribution is 0.102. The van der Waals surface area contributed by atoms with Crippen molar-refractivity contribution >= 4 is 22.5 Å². The van der Waals surface area contributed by atoms with Crippen molar-refractivity contribution < 1.29 is 9.90 Å². The van der Waals surface area contributed by atoms with E-state index in [1.54, 1.807) is 30.3 Å². The Morgan fingerprint density at radius 1 is 1.10 bits per heavy atom. The topological polar surface area (TPSA) is 62.2 Å². The first-order chi connectivity index (χ1) is 10.1. The lowest BCUT2D eigenvalue weighted by Crippen LogP contribution is -2.11. The predicted octanol–water partition coefficient (Wildman–Crippen LogP) is 3.50. The number of anilines is 1. The number of hydrogen-bond acceptors (Lipinski definition) is 3. The number of aromatic nitrogens is 1.